The van der Waals surface area contributed by atoms with Gasteiger partial charge in [-0.25, -0.2) is 4.98 Å². The molecular formula is C32H31N3O3S. The summed E-state index contributed by atoms with van der Waals surface area (Å²) in [4.78, 5) is 30.9. The van der Waals surface area contributed by atoms with Crippen molar-refractivity contribution in [2.75, 3.05) is 0 Å². The first-order valence-corrected chi connectivity index (χ1v) is 14.5. The number of hydrogen-bond acceptors (Lipinski definition) is 5. The number of Topliss-reactive ketones (excluding diaryl/α,β-unsaturated/α-hetero) is 1. The van der Waals surface area contributed by atoms with E-state index in [1.807, 2.05) is 65.4 Å². The summed E-state index contributed by atoms with van der Waals surface area (Å²) in [5.41, 5.74) is 4.68. The Hall–Kier alpha value is -3.84. The number of amides is 1. The zero-order chi connectivity index (χ0) is 26.6. The first-order valence-electron chi connectivity index (χ1n) is 13.5. The van der Waals surface area contributed by atoms with E-state index < -0.39 is 0 Å². The molecule has 0 saturated heterocycles. The van der Waals surface area contributed by atoms with Crippen LogP contribution in [0.4, 0.5) is 0 Å². The molecule has 2 aliphatic carbocycles. The lowest BCUT2D eigenvalue weighted by atomic mass is 9.87. The normalized spacial score (nSPS) is 15.4. The number of thioether (sulfide) groups is 1. The largest absolute Gasteiger partial charge is 0.484 e. The zero-order valence-electron chi connectivity index (χ0n) is 21.7. The molecule has 0 bridgehead atoms. The third-order valence-electron chi connectivity index (χ3n) is 7.31. The van der Waals surface area contributed by atoms with E-state index >= 15 is 0 Å². The number of benzene rings is 3. The molecule has 0 spiro atoms. The van der Waals surface area contributed by atoms with Crippen molar-refractivity contribution in [2.45, 2.75) is 61.4 Å². The molecule has 7 heteroatoms. The molecule has 1 atom stereocenters. The van der Waals surface area contributed by atoms with Gasteiger partial charge in [0.15, 0.2) is 5.78 Å². The van der Waals surface area contributed by atoms with Crippen molar-refractivity contribution >= 4 is 23.5 Å². The van der Waals surface area contributed by atoms with Gasteiger partial charge in [-0.2, -0.15) is 0 Å². The van der Waals surface area contributed by atoms with Crippen LogP contribution in [0, 0.1) is 0 Å². The Labute approximate surface area is 232 Å². The molecule has 1 amide bonds. The minimum Gasteiger partial charge on any atom is -0.484 e. The van der Waals surface area contributed by atoms with E-state index in [0.29, 0.717) is 30.3 Å². The average Bonchev–Trinajstić information content (AvgIpc) is 3.63. The number of hydrogen-bond donors (Lipinski definition) is 1. The molecule has 0 radical (unpaired) electrons. The predicted octanol–water partition coefficient (Wildman–Crippen LogP) is 6.41. The topological polar surface area (TPSA) is 73.2 Å². The van der Waals surface area contributed by atoms with Gasteiger partial charge in [0.2, 0.25) is 0 Å². The van der Waals surface area contributed by atoms with Crippen LogP contribution in [0.5, 0.6) is 5.75 Å². The van der Waals surface area contributed by atoms with Crippen molar-refractivity contribution in [1.29, 1.82) is 0 Å². The Morgan fingerprint density at radius 2 is 1.87 bits per heavy atom. The Bertz CT molecular complexity index is 1470. The fourth-order valence-electron chi connectivity index (χ4n) is 5.09. The first kappa shape index (κ1) is 25.4. The molecule has 1 saturated carbocycles. The highest BCUT2D eigenvalue weighted by atomic mass is 32.2. The summed E-state index contributed by atoms with van der Waals surface area (Å²) < 4.78 is 8.80. The smallest absolute Gasteiger partial charge is 0.252 e. The van der Waals surface area contributed by atoms with Gasteiger partial charge in [-0.1, -0.05) is 42.5 Å². The molecule has 3 aromatic carbocycles. The summed E-state index contributed by atoms with van der Waals surface area (Å²) in [6.07, 6.45) is 9.62. The Balaban J connectivity index is 1.33. The van der Waals surface area contributed by atoms with Crippen molar-refractivity contribution in [2.24, 2.45) is 0 Å². The van der Waals surface area contributed by atoms with Crippen LogP contribution in [0.2, 0.25) is 0 Å². The number of carbonyl (C=O) groups excluding carboxylic acids is 2. The molecule has 6 nitrogen and oxygen atoms in total. The van der Waals surface area contributed by atoms with Gasteiger partial charge in [0.25, 0.3) is 5.91 Å². The molecular weight excluding hydrogens is 506 g/mol. The second-order valence-electron chi connectivity index (χ2n) is 10.2. The van der Waals surface area contributed by atoms with Crippen LogP contribution in [0.1, 0.15) is 69.2 Å². The Morgan fingerprint density at radius 3 is 2.67 bits per heavy atom. The maximum absolute atomic E-state index is 12.9. The Kier molecular flexibility index (Phi) is 7.50. The standard InChI is InChI=1S/C32H31N3O3S/c36-28-11-6-10-24-25(28)15-16-29(38-30(19-35-18-17-33-21-35)22-7-2-1-3-8-22)27(24)20-39-31-12-5-4-9-26(31)32(37)34-23-13-14-23/h1-5,7-9,12,15-18,21,23,30H,6,10-11,13-14,19-20H2,(H,34,37). The number of nitrogens with one attached hydrogen (secondary N) is 1. The van der Waals surface area contributed by atoms with Crippen molar-refractivity contribution in [1.82, 2.24) is 14.9 Å². The maximum atomic E-state index is 12.9. The van der Waals surface area contributed by atoms with E-state index in [2.05, 4.69) is 22.4 Å². The van der Waals surface area contributed by atoms with Gasteiger partial charge in [-0.15, -0.1) is 11.8 Å². The van der Waals surface area contributed by atoms with Gasteiger partial charge >= 0.3 is 0 Å². The first-order chi connectivity index (χ1) is 19.2. The summed E-state index contributed by atoms with van der Waals surface area (Å²) in [6.45, 7) is 0.608. The number of fused-ring (bicyclic) bond motifs is 1. The van der Waals surface area contributed by atoms with E-state index in [0.717, 1.165) is 58.6 Å². The van der Waals surface area contributed by atoms with E-state index in [9.17, 15) is 9.59 Å². The molecule has 198 valence electrons. The van der Waals surface area contributed by atoms with E-state index in [4.69, 9.17) is 4.74 Å². The summed E-state index contributed by atoms with van der Waals surface area (Å²) in [7, 11) is 0. The van der Waals surface area contributed by atoms with Crippen molar-refractivity contribution in [3.63, 3.8) is 0 Å². The quantitative estimate of drug-likeness (QED) is 0.237. The van der Waals surface area contributed by atoms with Crippen LogP contribution in [-0.4, -0.2) is 27.3 Å². The van der Waals surface area contributed by atoms with Gasteiger partial charge in [0.05, 0.1) is 18.4 Å². The monoisotopic (exact) mass is 537 g/mol. The molecule has 1 unspecified atom stereocenters. The minimum absolute atomic E-state index is 0.0215. The number of ether oxygens (including phenoxy) is 1. The van der Waals surface area contributed by atoms with Crippen molar-refractivity contribution in [3.05, 3.63) is 113 Å². The molecule has 6 rings (SSSR count). The van der Waals surface area contributed by atoms with Gasteiger partial charge in [-0.3, -0.25) is 9.59 Å². The molecule has 0 aliphatic heterocycles. The molecule has 2 aliphatic rings. The lowest BCUT2D eigenvalue weighted by Crippen LogP contribution is -2.25. The minimum atomic E-state index is -0.238. The second-order valence-corrected chi connectivity index (χ2v) is 11.2. The number of imidazole rings is 1. The van der Waals surface area contributed by atoms with Crippen molar-refractivity contribution < 1.29 is 14.3 Å². The van der Waals surface area contributed by atoms with E-state index in [1.54, 1.807) is 24.3 Å². The van der Waals surface area contributed by atoms with Crippen LogP contribution >= 0.6 is 11.8 Å². The predicted molar refractivity (Wildman–Crippen MR) is 152 cm³/mol. The van der Waals surface area contributed by atoms with Gasteiger partial charge < -0.3 is 14.6 Å². The fourth-order valence-corrected chi connectivity index (χ4v) is 6.19. The lowest BCUT2D eigenvalue weighted by Gasteiger charge is -2.26. The number of nitrogens with zero attached hydrogens (tertiary/aromatic N) is 2. The zero-order valence-corrected chi connectivity index (χ0v) is 22.5. The molecule has 1 N–H and O–H groups in total. The molecule has 1 aromatic heterocycles. The Morgan fingerprint density at radius 1 is 1.05 bits per heavy atom. The van der Waals surface area contributed by atoms with Crippen LogP contribution in [0.3, 0.4) is 0 Å². The van der Waals surface area contributed by atoms with E-state index in [1.165, 1.54) is 0 Å². The summed E-state index contributed by atoms with van der Waals surface area (Å²) >= 11 is 1.63. The molecule has 1 heterocycles. The SMILES string of the molecule is O=C(NC1CC1)c1ccccc1SCc1c(OC(Cn2ccnc2)c2ccccc2)ccc2c1CCCC2=O. The maximum Gasteiger partial charge on any atom is 0.252 e. The van der Waals surface area contributed by atoms with Crippen LogP contribution in [0.15, 0.2) is 90.3 Å². The lowest BCUT2D eigenvalue weighted by molar-refractivity contribution is 0.0945. The summed E-state index contributed by atoms with van der Waals surface area (Å²) in [5, 5.41) is 3.11. The van der Waals surface area contributed by atoms with E-state index in [-0.39, 0.29) is 17.8 Å². The summed E-state index contributed by atoms with van der Waals surface area (Å²) in [5.74, 6) is 1.56. The molecule has 1 fully saturated rings. The fraction of sp³-hybridized carbons (Fsp3) is 0.281. The third-order valence-corrected chi connectivity index (χ3v) is 8.41. The highest BCUT2D eigenvalue weighted by molar-refractivity contribution is 7.98. The highest BCUT2D eigenvalue weighted by Crippen LogP contribution is 2.38. The van der Waals surface area contributed by atoms with Crippen LogP contribution in [-0.2, 0) is 18.7 Å². The number of ketones is 1. The van der Waals surface area contributed by atoms with Gasteiger partial charge in [0, 0.05) is 46.6 Å². The molecule has 39 heavy (non-hydrogen) atoms. The van der Waals surface area contributed by atoms with Crippen LogP contribution in [0.25, 0.3) is 0 Å². The van der Waals surface area contributed by atoms with Gasteiger partial charge in [0.1, 0.15) is 11.9 Å². The molecule has 4 aromatic rings. The number of aromatic nitrogens is 2. The summed E-state index contributed by atoms with van der Waals surface area (Å²) in [6, 6.07) is 22.1. The number of carbonyl (C=O) groups is 2. The average molecular weight is 538 g/mol. The number of rotatable bonds is 10. The van der Waals surface area contributed by atoms with Crippen molar-refractivity contribution in [3.8, 4) is 5.75 Å². The van der Waals surface area contributed by atoms with Crippen LogP contribution < -0.4 is 10.1 Å². The highest BCUT2D eigenvalue weighted by Gasteiger charge is 2.27. The second kappa shape index (κ2) is 11.5. The third kappa shape index (κ3) is 5.93. The van der Waals surface area contributed by atoms with Gasteiger partial charge in [-0.05, 0) is 61.1 Å².